The van der Waals surface area contributed by atoms with E-state index in [0.29, 0.717) is 12.8 Å². The van der Waals surface area contributed by atoms with Gasteiger partial charge in [0.2, 0.25) is 5.91 Å². The van der Waals surface area contributed by atoms with Crippen LogP contribution < -0.4 is 5.32 Å². The van der Waals surface area contributed by atoms with Crippen LogP contribution in [-0.4, -0.2) is 193 Å². The molecule has 17 atom stereocenters. The molecular weight excluding hydrogens is 1350 g/mol. The van der Waals surface area contributed by atoms with Crippen molar-refractivity contribution in [2.75, 3.05) is 26.4 Å². The van der Waals surface area contributed by atoms with E-state index in [4.69, 9.17) is 28.4 Å². The molecule has 106 heavy (non-hydrogen) atoms. The molecule has 3 aliphatic heterocycles. The van der Waals surface area contributed by atoms with Crippen molar-refractivity contribution in [3.8, 4) is 0 Å². The molecule has 3 fully saturated rings. The van der Waals surface area contributed by atoms with Gasteiger partial charge in [0.1, 0.15) is 73.2 Å². The standard InChI is InChI=1S/C87H151NO18/c1-3-5-7-9-11-13-15-17-19-21-23-25-27-29-31-32-33-34-35-36-37-38-39-41-43-45-47-49-51-53-55-57-59-61-63-65-75(93)88-70(71(92)64-62-60-58-56-54-52-50-48-46-44-42-40-30-28-26-24-22-20-18-16-14-12-10-8-6-4-2)69-101-85-81(99)78(96)83(73(67-90)103-85)106-87-82(100)79(97)84(74(68-91)104-87)105-86-80(98)77(95)76(94)72(66-89)102-86/h5,7,11,13,17,19,23,25,29,31,33-34,46,48,54,56,62,64,70-74,76-87,89-92,94-100H,3-4,6,8-10,12,14-16,18,20-22,24,26-28,30,32,35-45,47,49-53,55,57-61,63,65-69H2,1-2H3,(H,88,93)/b7-5-,13-11-,19-17-,25-23-,31-29-,34-33-,48-46+,56-54+,64-62+. The van der Waals surface area contributed by atoms with Gasteiger partial charge in [0.15, 0.2) is 18.9 Å². The van der Waals surface area contributed by atoms with Gasteiger partial charge in [0, 0.05) is 6.42 Å². The van der Waals surface area contributed by atoms with E-state index in [1.165, 1.54) is 186 Å². The fourth-order valence-corrected chi connectivity index (χ4v) is 13.6. The number of ether oxygens (including phenoxy) is 6. The van der Waals surface area contributed by atoms with Crippen LogP contribution >= 0.6 is 0 Å². The van der Waals surface area contributed by atoms with Crippen LogP contribution in [0.2, 0.25) is 0 Å². The number of rotatable bonds is 66. The van der Waals surface area contributed by atoms with E-state index in [9.17, 15) is 61.0 Å². The summed E-state index contributed by atoms with van der Waals surface area (Å²) < 4.78 is 34.5. The number of nitrogens with one attached hydrogen (secondary N) is 1. The Morgan fingerprint density at radius 2 is 0.660 bits per heavy atom. The smallest absolute Gasteiger partial charge is 0.220 e. The SMILES string of the molecule is CC/C=C\C/C=C\C/C=C\C/C=C\C/C=C\C/C=C\CCCCCCCCCCCCCCCCCCC(=O)NC(COC1OC(CO)C(OC2OC(CO)C(OC3OC(CO)C(O)C(O)C3O)C(O)C2O)C(O)C1O)C(O)/C=C/CC/C=C/CC/C=C/CCCCCCCCCCCCCCCCCC. The molecule has 3 saturated heterocycles. The summed E-state index contributed by atoms with van der Waals surface area (Å²) in [6.07, 6.45) is 65.1. The molecule has 3 rings (SSSR count). The molecular formula is C87H151NO18. The summed E-state index contributed by atoms with van der Waals surface area (Å²) in [5.41, 5.74) is 0. The van der Waals surface area contributed by atoms with E-state index in [1.54, 1.807) is 6.08 Å². The zero-order chi connectivity index (χ0) is 76.7. The van der Waals surface area contributed by atoms with E-state index in [1.807, 2.05) is 6.08 Å². The van der Waals surface area contributed by atoms with Crippen LogP contribution in [0.5, 0.6) is 0 Å². The van der Waals surface area contributed by atoms with Crippen molar-refractivity contribution in [3.63, 3.8) is 0 Å². The number of amides is 1. The van der Waals surface area contributed by atoms with Crippen molar-refractivity contribution in [2.24, 2.45) is 0 Å². The van der Waals surface area contributed by atoms with Crippen LogP contribution in [0, 0.1) is 0 Å². The van der Waals surface area contributed by atoms with Crippen LogP contribution in [0.1, 0.15) is 303 Å². The number of carbonyl (C=O) groups excluding carboxylic acids is 1. The first kappa shape index (κ1) is 96.6. The lowest BCUT2D eigenvalue weighted by Crippen LogP contribution is -2.66. The first-order valence-corrected chi connectivity index (χ1v) is 42.1. The van der Waals surface area contributed by atoms with Gasteiger partial charge in [-0.05, 0) is 96.3 Å². The van der Waals surface area contributed by atoms with Gasteiger partial charge in [0.05, 0.1) is 38.6 Å². The Kier molecular flexibility index (Phi) is 60.3. The molecule has 0 spiro atoms. The number of aliphatic hydroxyl groups is 11. The van der Waals surface area contributed by atoms with E-state index < -0.39 is 124 Å². The molecule has 17 unspecified atom stereocenters. The molecule has 612 valence electrons. The van der Waals surface area contributed by atoms with Gasteiger partial charge < -0.3 is 89.9 Å². The van der Waals surface area contributed by atoms with Crippen molar-refractivity contribution >= 4 is 5.91 Å². The van der Waals surface area contributed by atoms with Crippen molar-refractivity contribution < 1.29 is 89.4 Å². The number of aliphatic hydroxyl groups excluding tert-OH is 11. The van der Waals surface area contributed by atoms with Crippen LogP contribution in [0.4, 0.5) is 0 Å². The molecule has 0 saturated carbocycles. The van der Waals surface area contributed by atoms with E-state index in [0.717, 1.165) is 83.5 Å². The van der Waals surface area contributed by atoms with Gasteiger partial charge in [-0.3, -0.25) is 4.79 Å². The lowest BCUT2D eigenvalue weighted by atomic mass is 9.96. The zero-order valence-corrected chi connectivity index (χ0v) is 65.6. The van der Waals surface area contributed by atoms with Crippen molar-refractivity contribution in [3.05, 3.63) is 109 Å². The fraction of sp³-hybridized carbons (Fsp3) is 0.782. The maximum absolute atomic E-state index is 13.5. The second-order valence-corrected chi connectivity index (χ2v) is 29.5. The summed E-state index contributed by atoms with van der Waals surface area (Å²) >= 11 is 0. The number of carbonyl (C=O) groups is 1. The zero-order valence-electron chi connectivity index (χ0n) is 65.6. The Bertz CT molecular complexity index is 2340. The molecule has 19 heteroatoms. The van der Waals surface area contributed by atoms with Gasteiger partial charge in [-0.25, -0.2) is 0 Å². The quantitative estimate of drug-likeness (QED) is 0.0199. The second kappa shape index (κ2) is 66.1. The molecule has 0 bridgehead atoms. The Balaban J connectivity index is 1.36. The monoisotopic (exact) mass is 1500 g/mol. The number of hydrogen-bond acceptors (Lipinski definition) is 18. The maximum Gasteiger partial charge on any atom is 0.220 e. The minimum Gasteiger partial charge on any atom is -0.394 e. The number of unbranched alkanes of at least 4 members (excludes halogenated alkanes) is 34. The normalized spacial score (nSPS) is 26.2. The number of allylic oxidation sites excluding steroid dienone is 17. The molecule has 3 heterocycles. The van der Waals surface area contributed by atoms with Gasteiger partial charge in [-0.2, -0.15) is 0 Å². The maximum atomic E-state index is 13.5. The highest BCUT2D eigenvalue weighted by Crippen LogP contribution is 2.33. The summed E-state index contributed by atoms with van der Waals surface area (Å²) in [5.74, 6) is -0.290. The lowest BCUT2D eigenvalue weighted by Gasteiger charge is -2.48. The topological polar surface area (TPSA) is 307 Å². The first-order chi connectivity index (χ1) is 51.8. The van der Waals surface area contributed by atoms with Crippen LogP contribution in [0.15, 0.2) is 109 Å². The second-order valence-electron chi connectivity index (χ2n) is 29.5. The predicted molar refractivity (Wildman–Crippen MR) is 424 cm³/mol. The van der Waals surface area contributed by atoms with E-state index in [-0.39, 0.29) is 18.9 Å². The van der Waals surface area contributed by atoms with Gasteiger partial charge in [0.25, 0.3) is 0 Å². The molecule has 0 radical (unpaired) electrons. The third-order valence-corrected chi connectivity index (χ3v) is 20.3. The highest BCUT2D eigenvalue weighted by molar-refractivity contribution is 5.76. The first-order valence-electron chi connectivity index (χ1n) is 42.1. The molecule has 12 N–H and O–H groups in total. The fourth-order valence-electron chi connectivity index (χ4n) is 13.6. The predicted octanol–water partition coefficient (Wildman–Crippen LogP) is 14.9. The Hall–Kier alpha value is -3.55. The summed E-state index contributed by atoms with van der Waals surface area (Å²) in [5, 5.41) is 121. The lowest BCUT2D eigenvalue weighted by molar-refractivity contribution is -0.379. The Labute approximate surface area is 640 Å². The minimum atomic E-state index is -1.99. The minimum absolute atomic E-state index is 0.227. The molecule has 0 aliphatic carbocycles. The summed E-state index contributed by atoms with van der Waals surface area (Å²) in [6.45, 7) is 1.62. The molecule has 3 aliphatic rings. The van der Waals surface area contributed by atoms with Gasteiger partial charge in [-0.15, -0.1) is 0 Å². The van der Waals surface area contributed by atoms with Crippen molar-refractivity contribution in [1.29, 1.82) is 0 Å². The van der Waals surface area contributed by atoms with Crippen LogP contribution in [0.25, 0.3) is 0 Å². The average molecular weight is 1500 g/mol. The summed E-state index contributed by atoms with van der Waals surface area (Å²) in [7, 11) is 0. The Morgan fingerprint density at radius 1 is 0.349 bits per heavy atom. The molecule has 1 amide bonds. The number of hydrogen-bond donors (Lipinski definition) is 12. The Morgan fingerprint density at radius 3 is 1.06 bits per heavy atom. The third kappa shape index (κ3) is 45.1. The van der Waals surface area contributed by atoms with Crippen molar-refractivity contribution in [1.82, 2.24) is 5.32 Å². The van der Waals surface area contributed by atoms with Gasteiger partial charge >= 0.3 is 0 Å². The van der Waals surface area contributed by atoms with Crippen molar-refractivity contribution in [2.45, 2.75) is 407 Å². The summed E-state index contributed by atoms with van der Waals surface area (Å²) in [6, 6.07) is -1.00. The largest absolute Gasteiger partial charge is 0.394 e. The van der Waals surface area contributed by atoms with Gasteiger partial charge in [-0.1, -0.05) is 309 Å². The van der Waals surface area contributed by atoms with E-state index in [2.05, 4.69) is 116 Å². The molecule has 0 aromatic rings. The molecule has 0 aromatic heterocycles. The van der Waals surface area contributed by atoms with E-state index >= 15 is 0 Å². The third-order valence-electron chi connectivity index (χ3n) is 20.3. The highest BCUT2D eigenvalue weighted by atomic mass is 16.8. The average Bonchev–Trinajstić information content (AvgIpc) is 0.779. The van der Waals surface area contributed by atoms with Crippen LogP contribution in [-0.2, 0) is 33.2 Å². The molecule has 19 nitrogen and oxygen atoms in total. The highest BCUT2D eigenvalue weighted by Gasteiger charge is 2.54. The summed E-state index contributed by atoms with van der Waals surface area (Å²) in [4.78, 5) is 13.5. The molecule has 0 aromatic carbocycles. The van der Waals surface area contributed by atoms with Crippen LogP contribution in [0.3, 0.4) is 0 Å².